The fourth-order valence-corrected chi connectivity index (χ4v) is 2.60. The minimum atomic E-state index is -0.488. The Morgan fingerprint density at radius 3 is 2.54 bits per heavy atom. The molecule has 0 bridgehead atoms. The summed E-state index contributed by atoms with van der Waals surface area (Å²) in [5.41, 5.74) is 7.78. The molecule has 0 atom stereocenters. The number of carbonyl (C=O) groups excluding carboxylic acids is 1. The minimum Gasteiger partial charge on any atom is -0.383 e. The lowest BCUT2D eigenvalue weighted by atomic mass is 10.1. The van der Waals surface area contributed by atoms with E-state index in [4.69, 9.17) is 28.9 Å². The van der Waals surface area contributed by atoms with Crippen molar-refractivity contribution in [3.8, 4) is 11.1 Å². The van der Waals surface area contributed by atoms with Gasteiger partial charge in [0.2, 0.25) is 0 Å². The largest absolute Gasteiger partial charge is 0.383 e. The van der Waals surface area contributed by atoms with Gasteiger partial charge in [-0.2, -0.15) is 0 Å². The molecule has 2 aromatic heterocycles. The highest BCUT2D eigenvalue weighted by Gasteiger charge is 2.16. The fourth-order valence-electron chi connectivity index (χ4n) is 2.09. The van der Waals surface area contributed by atoms with Crippen LogP contribution >= 0.6 is 23.2 Å². The Morgan fingerprint density at radius 2 is 1.92 bits per heavy atom. The molecular weight excluding hydrogens is 353 g/mol. The molecule has 0 radical (unpaired) electrons. The SMILES string of the molecule is Cc1nonc1C(=O)Nc1ccc(-c2ccc(Cl)cc2Cl)c(N)n1. The highest BCUT2D eigenvalue weighted by atomic mass is 35.5. The van der Waals surface area contributed by atoms with E-state index in [2.05, 4.69) is 25.2 Å². The molecule has 2 heterocycles. The van der Waals surface area contributed by atoms with Gasteiger partial charge in [-0.05, 0) is 36.3 Å². The zero-order valence-corrected chi connectivity index (χ0v) is 13.9. The third-order valence-electron chi connectivity index (χ3n) is 3.26. The number of aryl methyl sites for hydroxylation is 1. The van der Waals surface area contributed by atoms with Gasteiger partial charge in [0, 0.05) is 16.1 Å². The molecule has 122 valence electrons. The first-order chi connectivity index (χ1) is 11.5. The second-order valence-corrected chi connectivity index (χ2v) is 5.75. The number of nitrogens with zero attached hydrogens (tertiary/aromatic N) is 3. The van der Waals surface area contributed by atoms with Crippen LogP contribution < -0.4 is 11.1 Å². The summed E-state index contributed by atoms with van der Waals surface area (Å²) in [5.74, 6) is -0.00122. The van der Waals surface area contributed by atoms with E-state index in [9.17, 15) is 4.79 Å². The zero-order valence-electron chi connectivity index (χ0n) is 12.4. The van der Waals surface area contributed by atoms with Gasteiger partial charge in [-0.3, -0.25) is 4.79 Å². The minimum absolute atomic E-state index is 0.0835. The van der Waals surface area contributed by atoms with E-state index in [-0.39, 0.29) is 17.3 Å². The number of carbonyl (C=O) groups is 1. The molecule has 24 heavy (non-hydrogen) atoms. The molecule has 0 saturated carbocycles. The molecule has 3 N–H and O–H groups in total. The van der Waals surface area contributed by atoms with Crippen molar-refractivity contribution in [2.45, 2.75) is 6.92 Å². The van der Waals surface area contributed by atoms with E-state index in [0.717, 1.165) is 0 Å². The van der Waals surface area contributed by atoms with Gasteiger partial charge < -0.3 is 11.1 Å². The van der Waals surface area contributed by atoms with E-state index in [1.54, 1.807) is 37.3 Å². The maximum atomic E-state index is 12.1. The number of hydrogen-bond acceptors (Lipinski definition) is 6. The van der Waals surface area contributed by atoms with Gasteiger partial charge in [-0.1, -0.05) is 34.4 Å². The standard InChI is InChI=1S/C15H11Cl2N5O2/c1-7-13(22-24-21-7)15(23)20-12-5-4-10(14(18)19-12)9-3-2-8(16)6-11(9)17/h2-6H,1H3,(H3,18,19,20,23). The number of anilines is 2. The lowest BCUT2D eigenvalue weighted by Gasteiger charge is -2.10. The van der Waals surface area contributed by atoms with Gasteiger partial charge in [0.15, 0.2) is 5.69 Å². The second-order valence-electron chi connectivity index (χ2n) is 4.91. The van der Waals surface area contributed by atoms with Crippen molar-refractivity contribution in [3.05, 3.63) is 51.8 Å². The van der Waals surface area contributed by atoms with Crippen LogP contribution in [0, 0.1) is 6.92 Å². The molecule has 0 fully saturated rings. The summed E-state index contributed by atoms with van der Waals surface area (Å²) < 4.78 is 4.50. The van der Waals surface area contributed by atoms with Gasteiger partial charge in [-0.15, -0.1) is 0 Å². The Kier molecular flexibility index (Phi) is 4.37. The normalized spacial score (nSPS) is 10.6. The molecule has 0 spiro atoms. The first-order valence-electron chi connectivity index (χ1n) is 6.78. The monoisotopic (exact) mass is 363 g/mol. The summed E-state index contributed by atoms with van der Waals surface area (Å²) in [7, 11) is 0. The average Bonchev–Trinajstić information content (AvgIpc) is 2.95. The number of pyridine rings is 1. The molecule has 0 unspecified atom stereocenters. The average molecular weight is 364 g/mol. The molecule has 3 aromatic rings. The van der Waals surface area contributed by atoms with E-state index in [1.165, 1.54) is 0 Å². The molecule has 0 aliphatic heterocycles. The third-order valence-corrected chi connectivity index (χ3v) is 3.80. The molecule has 1 aromatic carbocycles. The molecule has 1 amide bonds. The smallest absolute Gasteiger partial charge is 0.281 e. The lowest BCUT2D eigenvalue weighted by molar-refractivity contribution is 0.101. The van der Waals surface area contributed by atoms with Crippen LogP contribution in [0.15, 0.2) is 35.0 Å². The summed E-state index contributed by atoms with van der Waals surface area (Å²) in [4.78, 5) is 16.2. The van der Waals surface area contributed by atoms with Crippen LogP contribution in [0.5, 0.6) is 0 Å². The predicted octanol–water partition coefficient (Wildman–Crippen LogP) is 3.58. The van der Waals surface area contributed by atoms with Crippen molar-refractivity contribution in [2.24, 2.45) is 0 Å². The molecule has 9 heteroatoms. The fraction of sp³-hybridized carbons (Fsp3) is 0.0667. The Bertz CT molecular complexity index is 926. The molecule has 0 aliphatic carbocycles. The van der Waals surface area contributed by atoms with Crippen LogP contribution in [-0.4, -0.2) is 21.2 Å². The zero-order chi connectivity index (χ0) is 17.3. The molecule has 0 aliphatic rings. The number of nitrogens with two attached hydrogens (primary N) is 1. The number of nitrogen functional groups attached to an aromatic ring is 1. The van der Waals surface area contributed by atoms with Crippen LogP contribution in [-0.2, 0) is 0 Å². The van der Waals surface area contributed by atoms with Gasteiger partial charge in [-0.25, -0.2) is 9.61 Å². The first kappa shape index (κ1) is 16.2. The molecule has 7 nitrogen and oxygen atoms in total. The Labute approximate surface area is 146 Å². The number of benzene rings is 1. The van der Waals surface area contributed by atoms with Crippen LogP contribution in [0.1, 0.15) is 16.2 Å². The summed E-state index contributed by atoms with van der Waals surface area (Å²) in [5, 5.41) is 10.6. The van der Waals surface area contributed by atoms with Crippen LogP contribution in [0.3, 0.4) is 0 Å². The van der Waals surface area contributed by atoms with Gasteiger partial charge in [0.1, 0.15) is 17.3 Å². The topological polar surface area (TPSA) is 107 Å². The summed E-state index contributed by atoms with van der Waals surface area (Å²) >= 11 is 12.1. The summed E-state index contributed by atoms with van der Waals surface area (Å²) in [6.45, 7) is 1.61. The summed E-state index contributed by atoms with van der Waals surface area (Å²) in [6.07, 6.45) is 0. The van der Waals surface area contributed by atoms with Gasteiger partial charge in [0.05, 0.1) is 5.02 Å². The van der Waals surface area contributed by atoms with Crippen molar-refractivity contribution in [1.29, 1.82) is 0 Å². The highest BCUT2D eigenvalue weighted by molar-refractivity contribution is 6.36. The van der Waals surface area contributed by atoms with Gasteiger partial charge >= 0.3 is 0 Å². The van der Waals surface area contributed by atoms with Crippen molar-refractivity contribution in [3.63, 3.8) is 0 Å². The lowest BCUT2D eigenvalue weighted by Crippen LogP contribution is -2.15. The predicted molar refractivity (Wildman–Crippen MR) is 91.1 cm³/mol. The quantitative estimate of drug-likeness (QED) is 0.736. The molecule has 3 rings (SSSR count). The number of nitrogens with one attached hydrogen (secondary N) is 1. The number of halogens is 2. The van der Waals surface area contributed by atoms with Crippen LogP contribution in [0.2, 0.25) is 10.0 Å². The second kappa shape index (κ2) is 6.46. The van der Waals surface area contributed by atoms with E-state index < -0.39 is 5.91 Å². The van der Waals surface area contributed by atoms with E-state index >= 15 is 0 Å². The van der Waals surface area contributed by atoms with Crippen molar-refractivity contribution in [2.75, 3.05) is 11.1 Å². The van der Waals surface area contributed by atoms with Crippen molar-refractivity contribution >= 4 is 40.7 Å². The highest BCUT2D eigenvalue weighted by Crippen LogP contribution is 2.33. The van der Waals surface area contributed by atoms with Crippen LogP contribution in [0.4, 0.5) is 11.6 Å². The summed E-state index contributed by atoms with van der Waals surface area (Å²) in [6, 6.07) is 8.39. The van der Waals surface area contributed by atoms with Gasteiger partial charge in [0.25, 0.3) is 5.91 Å². The van der Waals surface area contributed by atoms with Crippen molar-refractivity contribution in [1.82, 2.24) is 15.3 Å². The Balaban J connectivity index is 1.87. The Morgan fingerprint density at radius 1 is 1.17 bits per heavy atom. The maximum Gasteiger partial charge on any atom is 0.281 e. The van der Waals surface area contributed by atoms with Crippen LogP contribution in [0.25, 0.3) is 11.1 Å². The number of rotatable bonds is 3. The Hall–Kier alpha value is -2.64. The van der Waals surface area contributed by atoms with E-state index in [1.807, 2.05) is 0 Å². The molecular formula is C15H11Cl2N5O2. The number of aromatic nitrogens is 3. The number of hydrogen-bond donors (Lipinski definition) is 2. The van der Waals surface area contributed by atoms with E-state index in [0.29, 0.717) is 26.9 Å². The third kappa shape index (κ3) is 3.17. The van der Waals surface area contributed by atoms with Crippen molar-refractivity contribution < 1.29 is 9.42 Å². The number of amides is 1. The maximum absolute atomic E-state index is 12.1. The molecule has 0 saturated heterocycles. The first-order valence-corrected chi connectivity index (χ1v) is 7.53.